The normalized spacial score (nSPS) is 15.1. The van der Waals surface area contributed by atoms with Crippen LogP contribution in [-0.2, 0) is 0 Å². The third-order valence-electron chi connectivity index (χ3n) is 2.66. The molecule has 90 valence electrons. The van der Waals surface area contributed by atoms with Crippen LogP contribution >= 0.6 is 15.9 Å². The van der Waals surface area contributed by atoms with Crippen LogP contribution in [0.3, 0.4) is 0 Å². The molecule has 5 heteroatoms. The highest BCUT2D eigenvalue weighted by atomic mass is 79.9. The standard InChI is InChI=1S/C12H12BrFN2O/c13-9-7-10(14)11(15)6-8(9)12(17)16-4-2-1-3-5-16/h1-2,6-7H,3-5,15H2. The molecule has 0 spiro atoms. The van der Waals surface area contributed by atoms with Crippen LogP contribution in [-0.4, -0.2) is 23.9 Å². The molecule has 1 amide bonds. The summed E-state index contributed by atoms with van der Waals surface area (Å²) < 4.78 is 13.6. The summed E-state index contributed by atoms with van der Waals surface area (Å²) in [7, 11) is 0. The molecule has 1 heterocycles. The smallest absolute Gasteiger partial charge is 0.255 e. The fourth-order valence-electron chi connectivity index (χ4n) is 1.73. The van der Waals surface area contributed by atoms with Gasteiger partial charge in [-0.25, -0.2) is 4.39 Å². The van der Waals surface area contributed by atoms with Crippen molar-refractivity contribution in [2.75, 3.05) is 18.8 Å². The molecule has 2 rings (SSSR count). The van der Waals surface area contributed by atoms with Gasteiger partial charge in [0.05, 0.1) is 11.3 Å². The van der Waals surface area contributed by atoms with Crippen molar-refractivity contribution in [3.8, 4) is 0 Å². The molecule has 2 N–H and O–H groups in total. The third-order valence-corrected chi connectivity index (χ3v) is 3.32. The zero-order chi connectivity index (χ0) is 12.4. The topological polar surface area (TPSA) is 46.3 Å². The second-order valence-corrected chi connectivity index (χ2v) is 4.72. The van der Waals surface area contributed by atoms with Crippen LogP contribution in [0.15, 0.2) is 28.8 Å². The van der Waals surface area contributed by atoms with E-state index in [-0.39, 0.29) is 11.6 Å². The summed E-state index contributed by atoms with van der Waals surface area (Å²) >= 11 is 3.19. The van der Waals surface area contributed by atoms with Crippen LogP contribution in [0, 0.1) is 5.82 Å². The van der Waals surface area contributed by atoms with E-state index in [9.17, 15) is 9.18 Å². The Labute approximate surface area is 107 Å². The number of hydrogen-bond donors (Lipinski definition) is 1. The van der Waals surface area contributed by atoms with E-state index in [1.807, 2.05) is 12.2 Å². The van der Waals surface area contributed by atoms with Gasteiger partial charge in [-0.1, -0.05) is 12.2 Å². The van der Waals surface area contributed by atoms with E-state index in [1.54, 1.807) is 4.90 Å². The summed E-state index contributed by atoms with van der Waals surface area (Å²) in [5.74, 6) is -0.653. The predicted octanol–water partition coefficient (Wildman–Crippen LogP) is 2.57. The molecule has 3 nitrogen and oxygen atoms in total. The zero-order valence-corrected chi connectivity index (χ0v) is 10.7. The Kier molecular flexibility index (Phi) is 3.47. The van der Waals surface area contributed by atoms with Gasteiger partial charge in [-0.05, 0) is 34.5 Å². The number of nitrogen functional groups attached to an aromatic ring is 1. The van der Waals surface area contributed by atoms with Crippen LogP contribution in [0.4, 0.5) is 10.1 Å². The summed E-state index contributed by atoms with van der Waals surface area (Å²) in [6.07, 6.45) is 4.83. The van der Waals surface area contributed by atoms with Gasteiger partial charge >= 0.3 is 0 Å². The summed E-state index contributed by atoms with van der Waals surface area (Å²) in [5, 5.41) is 0. The molecule has 0 atom stereocenters. The number of nitrogens with zero attached hydrogens (tertiary/aromatic N) is 1. The Hall–Kier alpha value is -1.36. The first-order valence-electron chi connectivity index (χ1n) is 5.28. The summed E-state index contributed by atoms with van der Waals surface area (Å²) in [5.41, 5.74) is 5.87. The number of halogens is 2. The molecule has 17 heavy (non-hydrogen) atoms. The Balaban J connectivity index is 2.30. The number of carbonyl (C=O) groups excluding carboxylic acids is 1. The number of anilines is 1. The Bertz CT molecular complexity index is 488. The Morgan fingerprint density at radius 2 is 2.18 bits per heavy atom. The molecule has 0 aromatic heterocycles. The molecular formula is C12H12BrFN2O. The number of hydrogen-bond acceptors (Lipinski definition) is 2. The van der Waals surface area contributed by atoms with Crippen molar-refractivity contribution in [1.29, 1.82) is 0 Å². The van der Waals surface area contributed by atoms with Crippen LogP contribution in [0.1, 0.15) is 16.8 Å². The monoisotopic (exact) mass is 298 g/mol. The highest BCUT2D eigenvalue weighted by Crippen LogP contribution is 2.24. The summed E-state index contributed by atoms with van der Waals surface area (Å²) in [4.78, 5) is 13.9. The highest BCUT2D eigenvalue weighted by molar-refractivity contribution is 9.10. The molecular weight excluding hydrogens is 287 g/mol. The third kappa shape index (κ3) is 2.49. The Morgan fingerprint density at radius 3 is 2.82 bits per heavy atom. The second-order valence-electron chi connectivity index (χ2n) is 3.86. The van der Waals surface area contributed by atoms with Gasteiger partial charge in [0.15, 0.2) is 0 Å². The molecule has 0 fully saturated rings. The fourth-order valence-corrected chi connectivity index (χ4v) is 2.21. The number of nitrogens with two attached hydrogens (primary N) is 1. The summed E-state index contributed by atoms with van der Waals surface area (Å²) in [6, 6.07) is 2.60. The van der Waals surface area contributed by atoms with Crippen LogP contribution in [0.25, 0.3) is 0 Å². The van der Waals surface area contributed by atoms with Gasteiger partial charge in [0.1, 0.15) is 5.82 Å². The molecule has 1 aromatic carbocycles. The molecule has 0 bridgehead atoms. The van der Waals surface area contributed by atoms with Gasteiger partial charge in [-0.2, -0.15) is 0 Å². The minimum Gasteiger partial charge on any atom is -0.396 e. The first-order valence-corrected chi connectivity index (χ1v) is 6.07. The lowest BCUT2D eigenvalue weighted by atomic mass is 10.1. The highest BCUT2D eigenvalue weighted by Gasteiger charge is 2.19. The van der Waals surface area contributed by atoms with Gasteiger partial charge in [-0.3, -0.25) is 4.79 Å². The fraction of sp³-hybridized carbons (Fsp3) is 0.250. The van der Waals surface area contributed by atoms with E-state index in [0.29, 0.717) is 23.1 Å². The molecule has 1 aliphatic rings. The molecule has 0 unspecified atom stereocenters. The van der Waals surface area contributed by atoms with Crippen molar-refractivity contribution in [3.05, 3.63) is 40.1 Å². The van der Waals surface area contributed by atoms with Gasteiger partial charge in [0, 0.05) is 17.6 Å². The molecule has 1 aliphatic heterocycles. The van der Waals surface area contributed by atoms with E-state index in [2.05, 4.69) is 15.9 Å². The maximum absolute atomic E-state index is 13.2. The number of carbonyl (C=O) groups is 1. The van der Waals surface area contributed by atoms with E-state index in [0.717, 1.165) is 6.42 Å². The molecule has 0 radical (unpaired) electrons. The average molecular weight is 299 g/mol. The van der Waals surface area contributed by atoms with Crippen LogP contribution in [0.5, 0.6) is 0 Å². The van der Waals surface area contributed by atoms with Crippen molar-refractivity contribution >= 4 is 27.5 Å². The van der Waals surface area contributed by atoms with Crippen molar-refractivity contribution < 1.29 is 9.18 Å². The molecule has 0 saturated heterocycles. The van der Waals surface area contributed by atoms with Crippen molar-refractivity contribution in [2.45, 2.75) is 6.42 Å². The second kappa shape index (κ2) is 4.87. The maximum Gasteiger partial charge on any atom is 0.255 e. The maximum atomic E-state index is 13.2. The van der Waals surface area contributed by atoms with Gasteiger partial charge in [0.2, 0.25) is 0 Å². The predicted molar refractivity (Wildman–Crippen MR) is 68.2 cm³/mol. The van der Waals surface area contributed by atoms with Crippen molar-refractivity contribution in [3.63, 3.8) is 0 Å². The Morgan fingerprint density at radius 1 is 1.41 bits per heavy atom. The van der Waals surface area contributed by atoms with E-state index >= 15 is 0 Å². The molecule has 0 saturated carbocycles. The lowest BCUT2D eigenvalue weighted by Gasteiger charge is -2.24. The van der Waals surface area contributed by atoms with Gasteiger partial charge in [0.25, 0.3) is 5.91 Å². The largest absolute Gasteiger partial charge is 0.396 e. The first kappa shape index (κ1) is 12.1. The number of benzene rings is 1. The van der Waals surface area contributed by atoms with Crippen LogP contribution < -0.4 is 5.73 Å². The molecule has 1 aromatic rings. The minimum absolute atomic E-state index is 0.0101. The SMILES string of the molecule is Nc1cc(C(=O)N2CC=CCC2)c(Br)cc1F. The van der Waals surface area contributed by atoms with Gasteiger partial charge < -0.3 is 10.6 Å². The zero-order valence-electron chi connectivity index (χ0n) is 9.12. The van der Waals surface area contributed by atoms with Crippen molar-refractivity contribution in [1.82, 2.24) is 4.90 Å². The average Bonchev–Trinajstić information content (AvgIpc) is 2.34. The number of rotatable bonds is 1. The first-order chi connectivity index (χ1) is 8.09. The number of amides is 1. The van der Waals surface area contributed by atoms with Crippen LogP contribution in [0.2, 0.25) is 0 Å². The summed E-state index contributed by atoms with van der Waals surface area (Å²) in [6.45, 7) is 1.27. The molecule has 0 aliphatic carbocycles. The quantitative estimate of drug-likeness (QED) is 0.640. The van der Waals surface area contributed by atoms with E-state index in [1.165, 1.54) is 12.1 Å². The lowest BCUT2D eigenvalue weighted by Crippen LogP contribution is -2.34. The van der Waals surface area contributed by atoms with Crippen molar-refractivity contribution in [2.24, 2.45) is 0 Å². The van der Waals surface area contributed by atoms with E-state index in [4.69, 9.17) is 5.73 Å². The minimum atomic E-state index is -0.521. The van der Waals surface area contributed by atoms with E-state index < -0.39 is 5.82 Å². The van der Waals surface area contributed by atoms with Gasteiger partial charge in [-0.15, -0.1) is 0 Å². The lowest BCUT2D eigenvalue weighted by molar-refractivity contribution is 0.0770.